The molecule has 2 aromatic rings. The zero-order chi connectivity index (χ0) is 10.9. The fourth-order valence-corrected chi connectivity index (χ4v) is 2.44. The molecule has 0 saturated carbocycles. The minimum Gasteiger partial charge on any atom is -0.157 e. The monoisotopic (exact) mass is 218 g/mol. The van der Waals surface area contributed by atoms with E-state index in [2.05, 4.69) is 37.0 Å². The van der Waals surface area contributed by atoms with Gasteiger partial charge in [0, 0.05) is 15.0 Å². The predicted octanol–water partition coefficient (Wildman–Crippen LogP) is 3.52. The van der Waals surface area contributed by atoms with E-state index in [1.54, 1.807) is 0 Å². The predicted molar refractivity (Wildman–Crippen MR) is 65.1 cm³/mol. The molecule has 0 bridgehead atoms. The summed E-state index contributed by atoms with van der Waals surface area (Å²) in [6, 6.07) is 8.12. The third kappa shape index (κ3) is 2.48. The van der Waals surface area contributed by atoms with Gasteiger partial charge in [-0.2, -0.15) is 10.2 Å². The van der Waals surface area contributed by atoms with E-state index in [-0.39, 0.29) is 4.75 Å². The highest BCUT2D eigenvalue weighted by molar-refractivity contribution is 8.00. The van der Waals surface area contributed by atoms with E-state index < -0.39 is 0 Å². The number of hydrogen-bond acceptors (Lipinski definition) is 3. The second-order valence-electron chi connectivity index (χ2n) is 4.44. The Morgan fingerprint density at radius 1 is 1.13 bits per heavy atom. The molecule has 0 amide bonds. The quantitative estimate of drug-likeness (QED) is 0.685. The summed E-state index contributed by atoms with van der Waals surface area (Å²) < 4.78 is 0.200. The molecule has 0 unspecified atom stereocenters. The maximum Gasteiger partial charge on any atom is 0.0940 e. The summed E-state index contributed by atoms with van der Waals surface area (Å²) in [6.07, 6.45) is 1.85. The average molecular weight is 218 g/mol. The van der Waals surface area contributed by atoms with Crippen LogP contribution in [0.5, 0.6) is 0 Å². The van der Waals surface area contributed by atoms with Crippen molar-refractivity contribution in [1.82, 2.24) is 10.2 Å². The van der Waals surface area contributed by atoms with E-state index in [9.17, 15) is 0 Å². The molecule has 1 heterocycles. The van der Waals surface area contributed by atoms with Gasteiger partial charge in [0.15, 0.2) is 0 Å². The first-order chi connectivity index (χ1) is 7.06. The van der Waals surface area contributed by atoms with Crippen molar-refractivity contribution in [2.75, 3.05) is 0 Å². The molecule has 78 valence electrons. The van der Waals surface area contributed by atoms with E-state index in [1.165, 1.54) is 10.3 Å². The molecule has 15 heavy (non-hydrogen) atoms. The van der Waals surface area contributed by atoms with E-state index in [1.807, 2.05) is 36.2 Å². The van der Waals surface area contributed by atoms with Crippen molar-refractivity contribution in [2.45, 2.75) is 30.4 Å². The molecule has 0 atom stereocenters. The van der Waals surface area contributed by atoms with Gasteiger partial charge in [0.2, 0.25) is 0 Å². The normalized spacial score (nSPS) is 11.9. The average Bonchev–Trinajstić information content (AvgIpc) is 2.16. The van der Waals surface area contributed by atoms with Crippen molar-refractivity contribution >= 4 is 22.7 Å². The van der Waals surface area contributed by atoms with Crippen molar-refractivity contribution in [2.24, 2.45) is 0 Å². The van der Waals surface area contributed by atoms with E-state index in [0.717, 1.165) is 5.52 Å². The zero-order valence-corrected chi connectivity index (χ0v) is 10.0. The van der Waals surface area contributed by atoms with Crippen LogP contribution in [0.4, 0.5) is 0 Å². The summed E-state index contributed by atoms with van der Waals surface area (Å²) in [7, 11) is 0. The topological polar surface area (TPSA) is 25.8 Å². The summed E-state index contributed by atoms with van der Waals surface area (Å²) in [6.45, 7) is 6.60. The number of rotatable bonds is 1. The van der Waals surface area contributed by atoms with Crippen LogP contribution in [-0.4, -0.2) is 14.9 Å². The van der Waals surface area contributed by atoms with Crippen molar-refractivity contribution in [3.8, 4) is 0 Å². The molecule has 2 nitrogen and oxygen atoms in total. The number of benzene rings is 1. The van der Waals surface area contributed by atoms with Crippen molar-refractivity contribution in [1.29, 1.82) is 0 Å². The van der Waals surface area contributed by atoms with Gasteiger partial charge < -0.3 is 0 Å². The van der Waals surface area contributed by atoms with Crippen LogP contribution in [-0.2, 0) is 0 Å². The smallest absolute Gasteiger partial charge is 0.0940 e. The summed E-state index contributed by atoms with van der Waals surface area (Å²) in [5.74, 6) is 0. The molecule has 0 aliphatic carbocycles. The van der Waals surface area contributed by atoms with Crippen LogP contribution in [0.2, 0.25) is 0 Å². The standard InChI is InChI=1S/C12H14N2S/c1-12(2,3)15-11-8-13-14-10-7-5-4-6-9(10)11/h4-8H,1-3H3. The van der Waals surface area contributed by atoms with Crippen LogP contribution in [0.15, 0.2) is 35.4 Å². The Morgan fingerprint density at radius 3 is 2.60 bits per heavy atom. The van der Waals surface area contributed by atoms with Crippen molar-refractivity contribution in [3.63, 3.8) is 0 Å². The third-order valence-electron chi connectivity index (χ3n) is 1.93. The molecule has 0 fully saturated rings. The molecular formula is C12H14N2S. The molecule has 1 aromatic carbocycles. The highest BCUT2D eigenvalue weighted by atomic mass is 32.2. The van der Waals surface area contributed by atoms with Gasteiger partial charge in [-0.25, -0.2) is 0 Å². The lowest BCUT2D eigenvalue weighted by molar-refractivity contribution is 0.802. The molecule has 2 rings (SSSR count). The van der Waals surface area contributed by atoms with Crippen LogP contribution in [0.25, 0.3) is 10.9 Å². The molecule has 0 aliphatic rings. The third-order valence-corrected chi connectivity index (χ3v) is 3.08. The second kappa shape index (κ2) is 3.81. The van der Waals surface area contributed by atoms with Crippen LogP contribution in [0.1, 0.15) is 20.8 Å². The molecule has 1 aromatic heterocycles. The Balaban J connectivity index is 2.52. The molecule has 0 radical (unpaired) electrons. The molecule has 0 N–H and O–H groups in total. The SMILES string of the molecule is CC(C)(C)Sc1cnnc2ccccc12. The Morgan fingerprint density at radius 2 is 1.87 bits per heavy atom. The molecular weight excluding hydrogens is 204 g/mol. The summed E-state index contributed by atoms with van der Waals surface area (Å²) in [5.41, 5.74) is 0.965. The minimum atomic E-state index is 0.200. The summed E-state index contributed by atoms with van der Waals surface area (Å²) >= 11 is 1.83. The van der Waals surface area contributed by atoms with Crippen molar-refractivity contribution in [3.05, 3.63) is 30.5 Å². The van der Waals surface area contributed by atoms with Crippen LogP contribution < -0.4 is 0 Å². The van der Waals surface area contributed by atoms with E-state index in [0.29, 0.717) is 0 Å². The maximum atomic E-state index is 4.11. The van der Waals surface area contributed by atoms with Crippen molar-refractivity contribution < 1.29 is 0 Å². The summed E-state index contributed by atoms with van der Waals surface area (Å²) in [5, 5.41) is 9.32. The Hall–Kier alpha value is -1.09. The van der Waals surface area contributed by atoms with Gasteiger partial charge in [-0.15, -0.1) is 11.8 Å². The molecule has 0 aliphatic heterocycles. The lowest BCUT2D eigenvalue weighted by Crippen LogP contribution is -2.07. The van der Waals surface area contributed by atoms with Gasteiger partial charge in [0.05, 0.1) is 11.7 Å². The maximum absolute atomic E-state index is 4.11. The fourth-order valence-electron chi connectivity index (χ4n) is 1.39. The van der Waals surface area contributed by atoms with Gasteiger partial charge >= 0.3 is 0 Å². The van der Waals surface area contributed by atoms with Gasteiger partial charge in [-0.1, -0.05) is 39.0 Å². The Labute approximate surface area is 94.1 Å². The molecule has 0 spiro atoms. The lowest BCUT2D eigenvalue weighted by Gasteiger charge is -2.17. The minimum absolute atomic E-state index is 0.200. The first kappa shape index (κ1) is 10.4. The Kier molecular flexibility index (Phi) is 2.65. The second-order valence-corrected chi connectivity index (χ2v) is 6.31. The highest BCUT2D eigenvalue weighted by Gasteiger charge is 2.14. The summed E-state index contributed by atoms with van der Waals surface area (Å²) in [4.78, 5) is 1.20. The number of fused-ring (bicyclic) bond motifs is 1. The van der Waals surface area contributed by atoms with Gasteiger partial charge in [-0.05, 0) is 6.07 Å². The highest BCUT2D eigenvalue weighted by Crippen LogP contribution is 2.34. The Bertz CT molecular complexity index is 469. The van der Waals surface area contributed by atoms with E-state index >= 15 is 0 Å². The number of thioether (sulfide) groups is 1. The van der Waals surface area contributed by atoms with Crippen LogP contribution in [0.3, 0.4) is 0 Å². The lowest BCUT2D eigenvalue weighted by atomic mass is 10.2. The first-order valence-corrected chi connectivity index (χ1v) is 5.77. The van der Waals surface area contributed by atoms with Gasteiger partial charge in [-0.3, -0.25) is 0 Å². The zero-order valence-electron chi connectivity index (χ0n) is 9.19. The first-order valence-electron chi connectivity index (χ1n) is 4.96. The van der Waals surface area contributed by atoms with Gasteiger partial charge in [0.25, 0.3) is 0 Å². The molecule has 0 saturated heterocycles. The fraction of sp³-hybridized carbons (Fsp3) is 0.333. The number of nitrogens with zero attached hydrogens (tertiary/aromatic N) is 2. The number of hydrogen-bond donors (Lipinski definition) is 0. The van der Waals surface area contributed by atoms with E-state index in [4.69, 9.17) is 0 Å². The molecule has 3 heteroatoms. The van der Waals surface area contributed by atoms with Crippen LogP contribution >= 0.6 is 11.8 Å². The largest absolute Gasteiger partial charge is 0.157 e. The van der Waals surface area contributed by atoms with Gasteiger partial charge in [0.1, 0.15) is 0 Å². The number of aromatic nitrogens is 2. The van der Waals surface area contributed by atoms with Crippen LogP contribution in [0, 0.1) is 0 Å².